The Bertz CT molecular complexity index is 495. The average molecular weight is 380 g/mol. The Hall–Kier alpha value is -1.79. The van der Waals surface area contributed by atoms with E-state index in [-0.39, 0.29) is 11.8 Å². The van der Waals surface area contributed by atoms with E-state index in [1.807, 2.05) is 0 Å². The van der Waals surface area contributed by atoms with Crippen molar-refractivity contribution >= 4 is 17.8 Å². The molecule has 1 aliphatic carbocycles. The van der Waals surface area contributed by atoms with Crippen LogP contribution in [0.3, 0.4) is 0 Å². The highest BCUT2D eigenvalue weighted by Crippen LogP contribution is 2.20. The number of carbonyl (C=O) groups excluding carboxylic acids is 2. The van der Waals surface area contributed by atoms with Gasteiger partial charge in [0.15, 0.2) is 5.96 Å². The number of carbonyl (C=O) groups is 2. The van der Waals surface area contributed by atoms with Crippen LogP contribution in [0.25, 0.3) is 0 Å². The third kappa shape index (κ3) is 7.77. The highest BCUT2D eigenvalue weighted by atomic mass is 16.2. The summed E-state index contributed by atoms with van der Waals surface area (Å²) >= 11 is 0. The molecule has 27 heavy (non-hydrogen) atoms. The zero-order valence-corrected chi connectivity index (χ0v) is 17.1. The molecule has 2 fully saturated rings. The van der Waals surface area contributed by atoms with Gasteiger partial charge in [-0.25, -0.2) is 0 Å². The van der Waals surface area contributed by atoms with Gasteiger partial charge in [0.25, 0.3) is 0 Å². The van der Waals surface area contributed by atoms with Gasteiger partial charge >= 0.3 is 0 Å². The molecule has 0 aromatic heterocycles. The number of nitrogens with one attached hydrogen (secondary N) is 3. The van der Waals surface area contributed by atoms with Gasteiger partial charge in [0.05, 0.1) is 6.54 Å². The summed E-state index contributed by atoms with van der Waals surface area (Å²) in [6.45, 7) is 5.19. The van der Waals surface area contributed by atoms with Crippen molar-refractivity contribution < 1.29 is 9.59 Å². The lowest BCUT2D eigenvalue weighted by atomic mass is 9.93. The standard InChI is InChI=1S/C20H37N5O2/c1-3-22-20(25-13-10-16(11-14-25)15-19(27)21-2)23-12-9-18(26)24-17-7-5-4-6-8-17/h16-17H,3-15H2,1-2H3,(H,21,27)(H,22,23)(H,24,26). The van der Waals surface area contributed by atoms with E-state index in [9.17, 15) is 9.59 Å². The fraction of sp³-hybridized carbons (Fsp3) is 0.850. The number of guanidine groups is 1. The Morgan fingerprint density at radius 3 is 2.37 bits per heavy atom. The molecule has 0 aromatic carbocycles. The summed E-state index contributed by atoms with van der Waals surface area (Å²) in [4.78, 5) is 30.6. The Labute approximate surface area is 163 Å². The van der Waals surface area contributed by atoms with Gasteiger partial charge in [0.2, 0.25) is 11.8 Å². The molecule has 2 aliphatic rings. The highest BCUT2D eigenvalue weighted by molar-refractivity contribution is 5.81. The lowest BCUT2D eigenvalue weighted by Crippen LogP contribution is -2.46. The summed E-state index contributed by atoms with van der Waals surface area (Å²) in [6.07, 6.45) is 9.03. The third-order valence-corrected chi connectivity index (χ3v) is 5.57. The summed E-state index contributed by atoms with van der Waals surface area (Å²) in [5.74, 6) is 1.58. The molecule has 0 unspecified atom stereocenters. The monoisotopic (exact) mass is 379 g/mol. The Morgan fingerprint density at radius 2 is 1.74 bits per heavy atom. The van der Waals surface area contributed by atoms with E-state index in [1.54, 1.807) is 7.05 Å². The molecule has 1 saturated carbocycles. The van der Waals surface area contributed by atoms with Crippen LogP contribution in [0.5, 0.6) is 0 Å². The van der Waals surface area contributed by atoms with Crippen LogP contribution in [0, 0.1) is 5.92 Å². The maximum Gasteiger partial charge on any atom is 0.222 e. The van der Waals surface area contributed by atoms with Gasteiger partial charge in [-0.2, -0.15) is 0 Å². The average Bonchev–Trinajstić information content (AvgIpc) is 2.68. The zero-order chi connectivity index (χ0) is 19.5. The smallest absolute Gasteiger partial charge is 0.222 e. The number of amides is 2. The van der Waals surface area contributed by atoms with Crippen LogP contribution in [0.15, 0.2) is 4.99 Å². The quantitative estimate of drug-likeness (QED) is 0.464. The van der Waals surface area contributed by atoms with Crippen molar-refractivity contribution in [2.24, 2.45) is 10.9 Å². The second-order valence-electron chi connectivity index (χ2n) is 7.70. The van der Waals surface area contributed by atoms with E-state index in [2.05, 4.69) is 32.8 Å². The van der Waals surface area contributed by atoms with Crippen LogP contribution in [0.1, 0.15) is 64.7 Å². The predicted octanol–water partition coefficient (Wildman–Crippen LogP) is 1.64. The molecule has 1 heterocycles. The third-order valence-electron chi connectivity index (χ3n) is 5.57. The summed E-state index contributed by atoms with van der Waals surface area (Å²) in [6, 6.07) is 0.364. The first-order valence-electron chi connectivity index (χ1n) is 10.7. The van der Waals surface area contributed by atoms with Crippen LogP contribution in [-0.2, 0) is 9.59 Å². The zero-order valence-electron chi connectivity index (χ0n) is 17.1. The maximum absolute atomic E-state index is 12.1. The number of piperidine rings is 1. The fourth-order valence-corrected chi connectivity index (χ4v) is 3.95. The van der Waals surface area contributed by atoms with Crippen LogP contribution in [-0.4, -0.2) is 61.9 Å². The van der Waals surface area contributed by atoms with Gasteiger partial charge < -0.3 is 20.9 Å². The number of aliphatic imine (C=N–C) groups is 1. The number of likely N-dealkylation sites (tertiary alicyclic amines) is 1. The van der Waals surface area contributed by atoms with Crippen molar-refractivity contribution in [1.82, 2.24) is 20.9 Å². The van der Waals surface area contributed by atoms with Gasteiger partial charge in [0.1, 0.15) is 0 Å². The first-order valence-corrected chi connectivity index (χ1v) is 10.7. The molecule has 0 bridgehead atoms. The molecule has 1 saturated heterocycles. The maximum atomic E-state index is 12.1. The molecular formula is C20H37N5O2. The van der Waals surface area contributed by atoms with Crippen molar-refractivity contribution in [3.05, 3.63) is 0 Å². The molecule has 0 atom stereocenters. The minimum Gasteiger partial charge on any atom is -0.359 e. The highest BCUT2D eigenvalue weighted by Gasteiger charge is 2.23. The molecule has 0 spiro atoms. The summed E-state index contributed by atoms with van der Waals surface area (Å²) in [5.41, 5.74) is 0. The van der Waals surface area contributed by atoms with Gasteiger partial charge in [-0.15, -0.1) is 0 Å². The van der Waals surface area contributed by atoms with E-state index in [4.69, 9.17) is 0 Å². The van der Waals surface area contributed by atoms with Crippen molar-refractivity contribution in [1.29, 1.82) is 0 Å². The van der Waals surface area contributed by atoms with Crippen molar-refractivity contribution in [3.8, 4) is 0 Å². The largest absolute Gasteiger partial charge is 0.359 e. The normalized spacial score (nSPS) is 19.6. The fourth-order valence-electron chi connectivity index (χ4n) is 3.95. The number of hydrogen-bond acceptors (Lipinski definition) is 3. The van der Waals surface area contributed by atoms with Gasteiger partial charge in [-0.1, -0.05) is 19.3 Å². The van der Waals surface area contributed by atoms with Crippen molar-refractivity contribution in [2.75, 3.05) is 33.2 Å². The predicted molar refractivity (Wildman–Crippen MR) is 109 cm³/mol. The Kier molecular flexibility index (Phi) is 9.42. The van der Waals surface area contributed by atoms with E-state index in [0.29, 0.717) is 31.3 Å². The summed E-state index contributed by atoms with van der Waals surface area (Å²) in [7, 11) is 1.69. The van der Waals surface area contributed by atoms with Crippen LogP contribution in [0.2, 0.25) is 0 Å². The number of nitrogens with zero attached hydrogens (tertiary/aromatic N) is 2. The topological polar surface area (TPSA) is 85.8 Å². The second kappa shape index (κ2) is 11.8. The Morgan fingerprint density at radius 1 is 1.04 bits per heavy atom. The summed E-state index contributed by atoms with van der Waals surface area (Å²) in [5, 5.41) is 9.20. The van der Waals surface area contributed by atoms with Gasteiger partial charge in [-0.05, 0) is 38.5 Å². The van der Waals surface area contributed by atoms with E-state index in [0.717, 1.165) is 51.3 Å². The number of hydrogen-bond donors (Lipinski definition) is 3. The molecule has 154 valence electrons. The molecular weight excluding hydrogens is 342 g/mol. The lowest BCUT2D eigenvalue weighted by Gasteiger charge is -2.34. The van der Waals surface area contributed by atoms with E-state index in [1.165, 1.54) is 19.3 Å². The van der Waals surface area contributed by atoms with Gasteiger partial charge in [-0.3, -0.25) is 14.6 Å². The molecule has 0 aromatic rings. The van der Waals surface area contributed by atoms with Crippen LogP contribution in [0.4, 0.5) is 0 Å². The molecule has 2 rings (SSSR count). The molecule has 2 amide bonds. The Balaban J connectivity index is 1.75. The van der Waals surface area contributed by atoms with Crippen LogP contribution >= 0.6 is 0 Å². The molecule has 0 radical (unpaired) electrons. The molecule has 1 aliphatic heterocycles. The first-order chi connectivity index (χ1) is 13.1. The van der Waals surface area contributed by atoms with Crippen molar-refractivity contribution in [2.45, 2.75) is 70.8 Å². The van der Waals surface area contributed by atoms with E-state index >= 15 is 0 Å². The second-order valence-corrected chi connectivity index (χ2v) is 7.70. The lowest BCUT2D eigenvalue weighted by molar-refractivity contribution is -0.122. The first kappa shape index (κ1) is 21.5. The number of rotatable bonds is 7. The minimum absolute atomic E-state index is 0.116. The molecule has 7 heteroatoms. The minimum atomic E-state index is 0.116. The molecule has 3 N–H and O–H groups in total. The van der Waals surface area contributed by atoms with Gasteiger partial charge in [0, 0.05) is 45.6 Å². The van der Waals surface area contributed by atoms with E-state index < -0.39 is 0 Å². The molecule has 7 nitrogen and oxygen atoms in total. The SMILES string of the molecule is CCNC(=NCCC(=O)NC1CCCCC1)N1CCC(CC(=O)NC)CC1. The van der Waals surface area contributed by atoms with Crippen LogP contribution < -0.4 is 16.0 Å². The summed E-state index contributed by atoms with van der Waals surface area (Å²) < 4.78 is 0. The van der Waals surface area contributed by atoms with Crippen molar-refractivity contribution in [3.63, 3.8) is 0 Å².